The average molecular weight is 385 g/mol. The number of aromatic nitrogens is 2. The number of rotatable bonds is 6. The number of carbonyl (C=O) groups excluding carboxylic acids is 1. The Labute approximate surface area is 162 Å². The summed E-state index contributed by atoms with van der Waals surface area (Å²) in [6, 6.07) is 7.70. The lowest BCUT2D eigenvalue weighted by atomic mass is 10.1. The van der Waals surface area contributed by atoms with Crippen LogP contribution in [0.5, 0.6) is 5.75 Å². The molecule has 2 aromatic rings. The van der Waals surface area contributed by atoms with Gasteiger partial charge in [-0.15, -0.1) is 0 Å². The number of aryl methyl sites for hydroxylation is 1. The molecule has 0 spiro atoms. The average Bonchev–Trinajstić information content (AvgIpc) is 3.30. The van der Waals surface area contributed by atoms with E-state index >= 15 is 0 Å². The van der Waals surface area contributed by atoms with Gasteiger partial charge in [-0.2, -0.15) is 0 Å². The molecule has 4 rings (SSSR count). The smallest absolute Gasteiger partial charge is 0.257 e. The highest BCUT2D eigenvalue weighted by atomic mass is 32.2. The fraction of sp³-hybridized carbons (Fsp3) is 0.450. The molecule has 1 unspecified atom stereocenters. The van der Waals surface area contributed by atoms with Gasteiger partial charge in [0.1, 0.15) is 5.75 Å². The molecule has 1 aliphatic heterocycles. The van der Waals surface area contributed by atoms with Gasteiger partial charge in [-0.25, -0.2) is 4.98 Å². The standard InChI is InChI=1S/C20H23N3O3S/c1-26-17-8-3-2-5-13(17)9-10-21-18(24)11-14-12-27-20-22-16-7-4-6-15(16)19(25)23(14)20/h2-3,5,8,14H,4,6-7,9-12H2,1H3,(H,21,24). The minimum absolute atomic E-state index is 0.0317. The lowest BCUT2D eigenvalue weighted by Gasteiger charge is -2.14. The summed E-state index contributed by atoms with van der Waals surface area (Å²) in [6.45, 7) is 0.545. The number of carbonyl (C=O) groups is 1. The van der Waals surface area contributed by atoms with Gasteiger partial charge in [0, 0.05) is 24.3 Å². The first-order chi connectivity index (χ1) is 13.2. The van der Waals surface area contributed by atoms with Gasteiger partial charge in [-0.1, -0.05) is 30.0 Å². The van der Waals surface area contributed by atoms with Gasteiger partial charge in [-0.3, -0.25) is 14.2 Å². The first kappa shape index (κ1) is 18.1. The number of hydrogen-bond donors (Lipinski definition) is 1. The van der Waals surface area contributed by atoms with E-state index in [1.807, 2.05) is 24.3 Å². The third-order valence-electron chi connectivity index (χ3n) is 5.20. The quantitative estimate of drug-likeness (QED) is 0.772. The Bertz CT molecular complexity index is 925. The Kier molecular flexibility index (Phi) is 5.20. The van der Waals surface area contributed by atoms with Crippen LogP contribution < -0.4 is 15.6 Å². The zero-order valence-electron chi connectivity index (χ0n) is 15.4. The zero-order valence-corrected chi connectivity index (χ0v) is 16.2. The predicted octanol–water partition coefficient (Wildman–Crippen LogP) is 2.14. The third kappa shape index (κ3) is 3.60. The van der Waals surface area contributed by atoms with Crippen LogP contribution in [0.15, 0.2) is 34.2 Å². The van der Waals surface area contributed by atoms with E-state index in [1.165, 1.54) is 0 Å². The number of hydrogen-bond acceptors (Lipinski definition) is 5. The second kappa shape index (κ2) is 7.76. The number of benzene rings is 1. The number of para-hydroxylation sites is 1. The van der Waals surface area contributed by atoms with Crippen molar-refractivity contribution in [3.05, 3.63) is 51.4 Å². The maximum absolute atomic E-state index is 12.8. The zero-order chi connectivity index (χ0) is 18.8. The Morgan fingerprint density at radius 2 is 2.22 bits per heavy atom. The second-order valence-corrected chi connectivity index (χ2v) is 7.92. The molecular weight excluding hydrogens is 362 g/mol. The molecule has 0 bridgehead atoms. The molecule has 2 heterocycles. The van der Waals surface area contributed by atoms with E-state index in [0.29, 0.717) is 19.4 Å². The number of fused-ring (bicyclic) bond motifs is 2. The van der Waals surface area contributed by atoms with E-state index in [4.69, 9.17) is 4.74 Å². The van der Waals surface area contributed by atoms with Crippen LogP contribution in [-0.2, 0) is 24.1 Å². The van der Waals surface area contributed by atoms with Crippen molar-refractivity contribution in [3.63, 3.8) is 0 Å². The molecule has 6 nitrogen and oxygen atoms in total. The molecule has 0 radical (unpaired) electrons. The third-order valence-corrected chi connectivity index (χ3v) is 6.30. The van der Waals surface area contributed by atoms with Crippen LogP contribution >= 0.6 is 11.8 Å². The minimum atomic E-state index is -0.109. The van der Waals surface area contributed by atoms with Crippen LogP contribution in [0.2, 0.25) is 0 Å². The highest BCUT2D eigenvalue weighted by molar-refractivity contribution is 7.99. The van der Waals surface area contributed by atoms with Crippen molar-refractivity contribution >= 4 is 17.7 Å². The summed E-state index contributed by atoms with van der Waals surface area (Å²) in [7, 11) is 1.65. The van der Waals surface area contributed by atoms with Crippen molar-refractivity contribution in [2.24, 2.45) is 0 Å². The van der Waals surface area contributed by atoms with Gasteiger partial charge < -0.3 is 10.1 Å². The molecule has 0 saturated carbocycles. The van der Waals surface area contributed by atoms with Gasteiger partial charge in [0.05, 0.1) is 18.8 Å². The van der Waals surface area contributed by atoms with Gasteiger partial charge in [-0.05, 0) is 37.3 Å². The fourth-order valence-electron chi connectivity index (χ4n) is 3.83. The number of ether oxygens (including phenoxy) is 1. The van der Waals surface area contributed by atoms with Crippen molar-refractivity contribution in [2.75, 3.05) is 19.4 Å². The van der Waals surface area contributed by atoms with E-state index in [9.17, 15) is 9.59 Å². The SMILES string of the molecule is COc1ccccc1CCNC(=O)CC1CSc2nc3c(c(=O)n21)CCC3. The molecule has 1 aliphatic carbocycles. The number of nitrogens with one attached hydrogen (secondary N) is 1. The van der Waals surface area contributed by atoms with Crippen LogP contribution in [-0.4, -0.2) is 34.9 Å². The molecule has 142 valence electrons. The summed E-state index contributed by atoms with van der Waals surface area (Å²) < 4.78 is 7.08. The molecule has 27 heavy (non-hydrogen) atoms. The molecule has 0 fully saturated rings. The van der Waals surface area contributed by atoms with E-state index < -0.39 is 0 Å². The van der Waals surface area contributed by atoms with Crippen LogP contribution in [0, 0.1) is 0 Å². The van der Waals surface area contributed by atoms with Gasteiger partial charge in [0.25, 0.3) is 5.56 Å². The largest absolute Gasteiger partial charge is 0.496 e. The highest BCUT2D eigenvalue weighted by Gasteiger charge is 2.30. The summed E-state index contributed by atoms with van der Waals surface area (Å²) in [5.41, 5.74) is 2.94. The Hall–Kier alpha value is -2.28. The summed E-state index contributed by atoms with van der Waals surface area (Å²) in [6.07, 6.45) is 3.73. The van der Waals surface area contributed by atoms with Gasteiger partial charge >= 0.3 is 0 Å². The van der Waals surface area contributed by atoms with Crippen LogP contribution in [0.25, 0.3) is 0 Å². The second-order valence-electron chi connectivity index (χ2n) is 6.93. The molecule has 7 heteroatoms. The highest BCUT2D eigenvalue weighted by Crippen LogP contribution is 2.33. The molecule has 1 aromatic heterocycles. The Morgan fingerprint density at radius 3 is 3.07 bits per heavy atom. The minimum Gasteiger partial charge on any atom is -0.496 e. The number of methoxy groups -OCH3 is 1. The molecule has 1 amide bonds. The van der Waals surface area contributed by atoms with Crippen molar-refractivity contribution < 1.29 is 9.53 Å². The van der Waals surface area contributed by atoms with Crippen LogP contribution in [0.1, 0.15) is 35.7 Å². The number of amides is 1. The van der Waals surface area contributed by atoms with Crippen molar-refractivity contribution in [1.82, 2.24) is 14.9 Å². The fourth-order valence-corrected chi connectivity index (χ4v) is 4.99. The molecule has 2 aliphatic rings. The molecule has 1 N–H and O–H groups in total. The summed E-state index contributed by atoms with van der Waals surface area (Å²) in [4.78, 5) is 29.8. The first-order valence-corrected chi connectivity index (χ1v) is 10.3. The normalized spacial score (nSPS) is 17.4. The van der Waals surface area contributed by atoms with Crippen molar-refractivity contribution in [1.29, 1.82) is 0 Å². The van der Waals surface area contributed by atoms with Crippen molar-refractivity contribution in [3.8, 4) is 5.75 Å². The number of nitrogens with zero attached hydrogens (tertiary/aromatic N) is 2. The van der Waals surface area contributed by atoms with Crippen LogP contribution in [0.4, 0.5) is 0 Å². The number of thioether (sulfide) groups is 1. The monoisotopic (exact) mass is 385 g/mol. The van der Waals surface area contributed by atoms with Gasteiger partial charge in [0.2, 0.25) is 5.91 Å². The summed E-state index contributed by atoms with van der Waals surface area (Å²) in [5, 5.41) is 3.74. The maximum atomic E-state index is 12.8. The lowest BCUT2D eigenvalue weighted by molar-refractivity contribution is -0.121. The van der Waals surface area contributed by atoms with E-state index in [2.05, 4.69) is 10.3 Å². The lowest BCUT2D eigenvalue weighted by Crippen LogP contribution is -2.33. The maximum Gasteiger partial charge on any atom is 0.257 e. The van der Waals surface area contributed by atoms with Crippen LogP contribution in [0.3, 0.4) is 0 Å². The van der Waals surface area contributed by atoms with E-state index in [1.54, 1.807) is 23.4 Å². The summed E-state index contributed by atoms with van der Waals surface area (Å²) in [5.74, 6) is 1.53. The molecule has 1 aromatic carbocycles. The summed E-state index contributed by atoms with van der Waals surface area (Å²) >= 11 is 1.58. The Morgan fingerprint density at radius 1 is 1.37 bits per heavy atom. The molecule has 1 atom stereocenters. The van der Waals surface area contributed by atoms with E-state index in [-0.39, 0.29) is 17.5 Å². The predicted molar refractivity (Wildman–Crippen MR) is 105 cm³/mol. The molecular formula is C20H23N3O3S. The molecule has 0 saturated heterocycles. The first-order valence-electron chi connectivity index (χ1n) is 9.33. The van der Waals surface area contributed by atoms with Crippen molar-refractivity contribution in [2.45, 2.75) is 43.3 Å². The van der Waals surface area contributed by atoms with E-state index in [0.717, 1.165) is 52.7 Å². The Balaban J connectivity index is 1.37. The topological polar surface area (TPSA) is 73.2 Å². The van der Waals surface area contributed by atoms with Gasteiger partial charge in [0.15, 0.2) is 5.16 Å².